The van der Waals surface area contributed by atoms with Crippen LogP contribution in [-0.2, 0) is 11.3 Å². The number of amides is 1. The van der Waals surface area contributed by atoms with Crippen LogP contribution in [0, 0.1) is 11.7 Å². The van der Waals surface area contributed by atoms with Gasteiger partial charge in [-0.1, -0.05) is 26.0 Å². The minimum atomic E-state index is -0.269. The smallest absolute Gasteiger partial charge is 0.231 e. The lowest BCUT2D eigenvalue weighted by Crippen LogP contribution is -2.45. The number of halogens is 1. The van der Waals surface area contributed by atoms with Crippen LogP contribution >= 0.6 is 0 Å². The van der Waals surface area contributed by atoms with Crippen LogP contribution in [0.3, 0.4) is 0 Å². The maximum absolute atomic E-state index is 13.0. The number of nitrogens with zero attached hydrogens (tertiary/aromatic N) is 2. The fraction of sp³-hybridized carbons (Fsp3) is 0.588. The highest BCUT2D eigenvalue weighted by atomic mass is 19.1. The Balaban J connectivity index is 2.07. The van der Waals surface area contributed by atoms with Crippen LogP contribution in [0.2, 0.25) is 0 Å². The van der Waals surface area contributed by atoms with Gasteiger partial charge in [-0.25, -0.2) is 4.39 Å². The molecule has 4 nitrogen and oxygen atoms in total. The first kappa shape index (κ1) is 16.9. The number of nitrogens with two attached hydrogens (primary N) is 1. The molecule has 122 valence electrons. The van der Waals surface area contributed by atoms with E-state index in [-0.39, 0.29) is 11.7 Å². The fourth-order valence-corrected chi connectivity index (χ4v) is 3.15. The van der Waals surface area contributed by atoms with Gasteiger partial charge in [0.25, 0.3) is 0 Å². The van der Waals surface area contributed by atoms with Crippen LogP contribution in [0.4, 0.5) is 4.39 Å². The summed E-state index contributed by atoms with van der Waals surface area (Å²) >= 11 is 0. The number of rotatable bonds is 5. The third kappa shape index (κ3) is 4.78. The van der Waals surface area contributed by atoms with Crippen molar-refractivity contribution in [2.24, 2.45) is 11.7 Å². The summed E-state index contributed by atoms with van der Waals surface area (Å²) in [6.07, 6.45) is 1.01. The molecule has 5 heteroatoms. The zero-order valence-electron chi connectivity index (χ0n) is 13.5. The lowest BCUT2D eigenvalue weighted by Gasteiger charge is -2.34. The number of hydrogen-bond donors (Lipinski definition) is 1. The molecule has 1 aliphatic rings. The summed E-state index contributed by atoms with van der Waals surface area (Å²) in [5, 5.41) is 0. The lowest BCUT2D eigenvalue weighted by atomic mass is 10.0. The van der Waals surface area contributed by atoms with Gasteiger partial charge in [0.2, 0.25) is 5.91 Å². The van der Waals surface area contributed by atoms with Gasteiger partial charge in [-0.15, -0.1) is 0 Å². The van der Waals surface area contributed by atoms with Gasteiger partial charge in [0.05, 0.1) is 6.54 Å². The molecule has 1 amide bonds. The van der Waals surface area contributed by atoms with Crippen molar-refractivity contribution >= 4 is 5.91 Å². The Morgan fingerprint density at radius 3 is 2.59 bits per heavy atom. The van der Waals surface area contributed by atoms with Gasteiger partial charge in [0, 0.05) is 25.7 Å². The third-order valence-corrected chi connectivity index (χ3v) is 4.28. The summed E-state index contributed by atoms with van der Waals surface area (Å²) in [6, 6.07) is 7.08. The van der Waals surface area contributed by atoms with Gasteiger partial charge >= 0.3 is 0 Å². The molecule has 0 spiro atoms. The van der Waals surface area contributed by atoms with Crippen molar-refractivity contribution in [1.29, 1.82) is 0 Å². The van der Waals surface area contributed by atoms with E-state index in [0.717, 1.165) is 38.2 Å². The van der Waals surface area contributed by atoms with Crippen LogP contribution in [-0.4, -0.2) is 47.9 Å². The molecule has 2 N–H and O–H groups in total. The maximum Gasteiger partial charge on any atom is 0.231 e. The third-order valence-electron chi connectivity index (χ3n) is 4.28. The van der Waals surface area contributed by atoms with Crippen molar-refractivity contribution < 1.29 is 9.18 Å². The number of hydrogen-bond acceptors (Lipinski definition) is 3. The van der Waals surface area contributed by atoms with E-state index in [2.05, 4.69) is 23.6 Å². The second kappa shape index (κ2) is 7.70. The van der Waals surface area contributed by atoms with Crippen molar-refractivity contribution in [3.05, 3.63) is 35.6 Å². The first-order chi connectivity index (χ1) is 10.5. The zero-order valence-corrected chi connectivity index (χ0v) is 13.5. The Morgan fingerprint density at radius 2 is 2.00 bits per heavy atom. The molecule has 1 aromatic carbocycles. The van der Waals surface area contributed by atoms with Crippen LogP contribution in [0.5, 0.6) is 0 Å². The average molecular weight is 307 g/mol. The summed E-state index contributed by atoms with van der Waals surface area (Å²) in [7, 11) is 0. The van der Waals surface area contributed by atoms with E-state index in [0.29, 0.717) is 18.5 Å². The second-order valence-corrected chi connectivity index (χ2v) is 6.46. The van der Waals surface area contributed by atoms with Gasteiger partial charge in [-0.2, -0.15) is 0 Å². The predicted octanol–water partition coefficient (Wildman–Crippen LogP) is 1.84. The Bertz CT molecular complexity index is 489. The van der Waals surface area contributed by atoms with E-state index in [4.69, 9.17) is 5.73 Å². The van der Waals surface area contributed by atoms with E-state index in [1.165, 1.54) is 12.1 Å². The van der Waals surface area contributed by atoms with Gasteiger partial charge in [-0.05, 0) is 36.6 Å². The van der Waals surface area contributed by atoms with Crippen molar-refractivity contribution in [3.63, 3.8) is 0 Å². The Kier molecular flexibility index (Phi) is 5.91. The number of benzene rings is 1. The Morgan fingerprint density at radius 1 is 1.32 bits per heavy atom. The quantitative estimate of drug-likeness (QED) is 0.903. The topological polar surface area (TPSA) is 49.6 Å². The summed E-state index contributed by atoms with van der Waals surface area (Å²) in [6.45, 7) is 8.27. The van der Waals surface area contributed by atoms with E-state index in [9.17, 15) is 9.18 Å². The molecule has 0 bridgehead atoms. The van der Waals surface area contributed by atoms with E-state index >= 15 is 0 Å². The molecule has 0 saturated carbocycles. The Labute approximate surface area is 132 Å². The van der Waals surface area contributed by atoms with Gasteiger partial charge in [-0.3, -0.25) is 14.6 Å². The normalized spacial score (nSPS) is 21.0. The summed E-state index contributed by atoms with van der Waals surface area (Å²) < 4.78 is 13.0. The minimum Gasteiger partial charge on any atom is -0.369 e. The molecule has 0 aromatic heterocycles. The lowest BCUT2D eigenvalue weighted by molar-refractivity contribution is -0.119. The highest BCUT2D eigenvalue weighted by Crippen LogP contribution is 2.20. The molecule has 1 saturated heterocycles. The van der Waals surface area contributed by atoms with Crippen molar-refractivity contribution in [2.45, 2.75) is 32.9 Å². The molecule has 1 aliphatic heterocycles. The Hall–Kier alpha value is -1.46. The first-order valence-corrected chi connectivity index (χ1v) is 7.95. The first-order valence-electron chi connectivity index (χ1n) is 7.95. The molecule has 1 aromatic rings. The molecular formula is C17H26FN3O. The SMILES string of the molecule is CC(C)[C@@H]1CN(CC(N)=O)CCCN1Cc1ccc(F)cc1. The van der Waals surface area contributed by atoms with E-state index < -0.39 is 0 Å². The predicted molar refractivity (Wildman–Crippen MR) is 85.7 cm³/mol. The van der Waals surface area contributed by atoms with Crippen LogP contribution < -0.4 is 5.73 Å². The van der Waals surface area contributed by atoms with Crippen LogP contribution in [0.1, 0.15) is 25.8 Å². The molecular weight excluding hydrogens is 281 g/mol. The number of carbonyl (C=O) groups is 1. The van der Waals surface area contributed by atoms with Crippen molar-refractivity contribution in [3.8, 4) is 0 Å². The zero-order chi connectivity index (χ0) is 16.1. The molecule has 0 radical (unpaired) electrons. The molecule has 22 heavy (non-hydrogen) atoms. The molecule has 1 atom stereocenters. The van der Waals surface area contributed by atoms with E-state index in [1.54, 1.807) is 0 Å². The molecule has 0 unspecified atom stereocenters. The monoisotopic (exact) mass is 307 g/mol. The van der Waals surface area contributed by atoms with Crippen LogP contribution in [0.25, 0.3) is 0 Å². The molecule has 2 rings (SSSR count). The maximum atomic E-state index is 13.0. The largest absolute Gasteiger partial charge is 0.369 e. The summed E-state index contributed by atoms with van der Waals surface area (Å²) in [4.78, 5) is 15.8. The summed E-state index contributed by atoms with van der Waals surface area (Å²) in [5.74, 6) is 0.0103. The van der Waals surface area contributed by atoms with Crippen LogP contribution in [0.15, 0.2) is 24.3 Å². The van der Waals surface area contributed by atoms with E-state index in [1.807, 2.05) is 12.1 Å². The molecule has 0 aliphatic carbocycles. The highest BCUT2D eigenvalue weighted by Gasteiger charge is 2.27. The van der Waals surface area contributed by atoms with Gasteiger partial charge in [0.15, 0.2) is 0 Å². The standard InChI is InChI=1S/C17H26FN3O/c1-13(2)16-11-20(12-17(19)22)8-3-9-21(16)10-14-4-6-15(18)7-5-14/h4-7,13,16H,3,8-12H2,1-2H3,(H2,19,22)/t16-/m0/s1. The number of carbonyl (C=O) groups excluding carboxylic acids is 1. The highest BCUT2D eigenvalue weighted by molar-refractivity contribution is 5.75. The number of primary amides is 1. The average Bonchev–Trinajstić information content (AvgIpc) is 2.63. The van der Waals surface area contributed by atoms with Gasteiger partial charge in [0.1, 0.15) is 5.82 Å². The molecule has 1 heterocycles. The van der Waals surface area contributed by atoms with Gasteiger partial charge < -0.3 is 5.73 Å². The molecule has 1 fully saturated rings. The van der Waals surface area contributed by atoms with Crippen molar-refractivity contribution in [2.75, 3.05) is 26.2 Å². The summed E-state index contributed by atoms with van der Waals surface area (Å²) in [5.41, 5.74) is 6.46. The minimum absolute atomic E-state index is 0.201. The fourth-order valence-electron chi connectivity index (χ4n) is 3.15. The van der Waals surface area contributed by atoms with Crippen molar-refractivity contribution in [1.82, 2.24) is 9.80 Å². The second-order valence-electron chi connectivity index (χ2n) is 6.46.